The van der Waals surface area contributed by atoms with Crippen molar-refractivity contribution in [3.63, 3.8) is 0 Å². The Balaban J connectivity index is 1.64. The maximum absolute atomic E-state index is 12.0. The van der Waals surface area contributed by atoms with E-state index in [-0.39, 0.29) is 5.56 Å². The molecule has 0 radical (unpaired) electrons. The quantitative estimate of drug-likeness (QED) is 0.740. The van der Waals surface area contributed by atoms with Crippen LogP contribution in [0.3, 0.4) is 0 Å². The number of aromatic nitrogens is 4. The summed E-state index contributed by atoms with van der Waals surface area (Å²) in [5.74, 6) is 1.60. The standard InChI is InChI=1S/C17H16N4O2/c1-11-18-17(20-23-11)14-4-2-3-12(9-14)10-21-16(22)8-7-15(19-21)13-5-6-13/h2-4,7-9,13H,5-6,10H2,1H3. The lowest BCUT2D eigenvalue weighted by molar-refractivity contribution is 0.394. The van der Waals surface area contributed by atoms with Gasteiger partial charge >= 0.3 is 0 Å². The van der Waals surface area contributed by atoms with Crippen molar-refractivity contribution < 1.29 is 4.52 Å². The van der Waals surface area contributed by atoms with Crippen molar-refractivity contribution >= 4 is 0 Å². The Morgan fingerprint density at radius 2 is 2.13 bits per heavy atom. The summed E-state index contributed by atoms with van der Waals surface area (Å²) >= 11 is 0. The first-order chi connectivity index (χ1) is 11.2. The fourth-order valence-corrected chi connectivity index (χ4v) is 2.57. The minimum absolute atomic E-state index is 0.0878. The van der Waals surface area contributed by atoms with E-state index in [1.165, 1.54) is 4.68 Å². The van der Waals surface area contributed by atoms with Gasteiger partial charge in [0.05, 0.1) is 12.2 Å². The Morgan fingerprint density at radius 3 is 2.87 bits per heavy atom. The molecule has 1 saturated carbocycles. The van der Waals surface area contributed by atoms with Gasteiger partial charge < -0.3 is 4.52 Å². The van der Waals surface area contributed by atoms with Gasteiger partial charge in [0, 0.05) is 24.5 Å². The second kappa shape index (κ2) is 5.46. The van der Waals surface area contributed by atoms with Crippen molar-refractivity contribution in [2.45, 2.75) is 32.2 Å². The molecule has 0 atom stereocenters. The molecule has 1 aliphatic carbocycles. The summed E-state index contributed by atoms with van der Waals surface area (Å²) in [6.45, 7) is 2.19. The third-order valence-electron chi connectivity index (χ3n) is 3.93. The van der Waals surface area contributed by atoms with Crippen LogP contribution < -0.4 is 5.56 Å². The second-order valence-corrected chi connectivity index (χ2v) is 5.87. The van der Waals surface area contributed by atoms with Gasteiger partial charge in [-0.3, -0.25) is 4.79 Å². The molecule has 6 heteroatoms. The van der Waals surface area contributed by atoms with E-state index in [2.05, 4.69) is 15.2 Å². The Bertz CT molecular complexity index is 909. The van der Waals surface area contributed by atoms with Crippen molar-refractivity contribution in [3.8, 4) is 11.4 Å². The summed E-state index contributed by atoms with van der Waals surface area (Å²) in [5.41, 5.74) is 2.77. The smallest absolute Gasteiger partial charge is 0.267 e. The van der Waals surface area contributed by atoms with Crippen LogP contribution in [0.1, 0.15) is 35.9 Å². The molecular formula is C17H16N4O2. The molecule has 0 bridgehead atoms. The van der Waals surface area contributed by atoms with Crippen LogP contribution in [0.25, 0.3) is 11.4 Å². The fourth-order valence-electron chi connectivity index (χ4n) is 2.57. The predicted octanol–water partition coefficient (Wildman–Crippen LogP) is 2.53. The molecule has 116 valence electrons. The van der Waals surface area contributed by atoms with E-state index >= 15 is 0 Å². The third kappa shape index (κ3) is 2.92. The van der Waals surface area contributed by atoms with E-state index in [9.17, 15) is 4.79 Å². The first-order valence-electron chi connectivity index (χ1n) is 7.67. The van der Waals surface area contributed by atoms with Crippen LogP contribution in [0, 0.1) is 6.92 Å². The van der Waals surface area contributed by atoms with E-state index < -0.39 is 0 Å². The lowest BCUT2D eigenvalue weighted by Gasteiger charge is -2.07. The van der Waals surface area contributed by atoms with Crippen molar-refractivity contribution in [1.82, 2.24) is 19.9 Å². The normalized spacial score (nSPS) is 14.1. The first-order valence-corrected chi connectivity index (χ1v) is 7.67. The summed E-state index contributed by atoms with van der Waals surface area (Å²) in [5, 5.41) is 8.42. The van der Waals surface area contributed by atoms with Crippen molar-refractivity contribution in [2.75, 3.05) is 0 Å². The number of hydrogen-bond donors (Lipinski definition) is 0. The minimum atomic E-state index is -0.0878. The third-order valence-corrected chi connectivity index (χ3v) is 3.93. The fraction of sp³-hybridized carbons (Fsp3) is 0.294. The lowest BCUT2D eigenvalue weighted by atomic mass is 10.1. The van der Waals surface area contributed by atoms with Gasteiger partial charge in [-0.05, 0) is 30.5 Å². The highest BCUT2D eigenvalue weighted by Gasteiger charge is 2.25. The molecule has 1 aromatic carbocycles. The second-order valence-electron chi connectivity index (χ2n) is 5.87. The van der Waals surface area contributed by atoms with Crippen molar-refractivity contribution in [1.29, 1.82) is 0 Å². The van der Waals surface area contributed by atoms with Crippen LogP contribution in [-0.4, -0.2) is 19.9 Å². The van der Waals surface area contributed by atoms with Crippen molar-refractivity contribution in [3.05, 3.63) is 63.9 Å². The van der Waals surface area contributed by atoms with E-state index in [1.807, 2.05) is 30.3 Å². The topological polar surface area (TPSA) is 73.8 Å². The highest BCUT2D eigenvalue weighted by molar-refractivity contribution is 5.55. The van der Waals surface area contributed by atoms with Crippen LogP contribution in [0.5, 0.6) is 0 Å². The highest BCUT2D eigenvalue weighted by atomic mass is 16.5. The molecule has 0 spiro atoms. The van der Waals surface area contributed by atoms with E-state index in [1.54, 1.807) is 13.0 Å². The summed E-state index contributed by atoms with van der Waals surface area (Å²) in [6, 6.07) is 11.2. The maximum Gasteiger partial charge on any atom is 0.267 e. The molecule has 2 aromatic heterocycles. The molecular weight excluding hydrogens is 292 g/mol. The van der Waals surface area contributed by atoms with Gasteiger partial charge in [0.1, 0.15) is 0 Å². The minimum Gasteiger partial charge on any atom is -0.339 e. The zero-order chi connectivity index (χ0) is 15.8. The summed E-state index contributed by atoms with van der Waals surface area (Å²) in [4.78, 5) is 16.3. The molecule has 6 nitrogen and oxygen atoms in total. The Morgan fingerprint density at radius 1 is 1.26 bits per heavy atom. The Kier molecular flexibility index (Phi) is 3.29. The Hall–Kier alpha value is -2.76. The molecule has 1 aliphatic rings. The van der Waals surface area contributed by atoms with Gasteiger partial charge in [-0.2, -0.15) is 10.1 Å². The van der Waals surface area contributed by atoms with E-state index in [0.29, 0.717) is 24.2 Å². The number of aryl methyl sites for hydroxylation is 1. The molecule has 1 fully saturated rings. The monoisotopic (exact) mass is 308 g/mol. The lowest BCUT2D eigenvalue weighted by Crippen LogP contribution is -2.23. The molecule has 4 rings (SSSR count). The number of hydrogen-bond acceptors (Lipinski definition) is 5. The molecule has 0 unspecified atom stereocenters. The summed E-state index contributed by atoms with van der Waals surface area (Å²) in [7, 11) is 0. The zero-order valence-corrected chi connectivity index (χ0v) is 12.8. The van der Waals surface area contributed by atoms with Gasteiger partial charge in [-0.1, -0.05) is 23.4 Å². The van der Waals surface area contributed by atoms with E-state index in [0.717, 1.165) is 29.7 Å². The summed E-state index contributed by atoms with van der Waals surface area (Å²) in [6.07, 6.45) is 2.33. The van der Waals surface area contributed by atoms with Gasteiger partial charge in [0.15, 0.2) is 0 Å². The van der Waals surface area contributed by atoms with Crippen LogP contribution in [0.4, 0.5) is 0 Å². The van der Waals surface area contributed by atoms with E-state index in [4.69, 9.17) is 4.52 Å². The molecule has 0 saturated heterocycles. The maximum atomic E-state index is 12.0. The largest absolute Gasteiger partial charge is 0.339 e. The van der Waals surface area contributed by atoms with Crippen LogP contribution in [0.2, 0.25) is 0 Å². The average molecular weight is 308 g/mol. The van der Waals surface area contributed by atoms with Crippen molar-refractivity contribution in [2.24, 2.45) is 0 Å². The molecule has 0 N–H and O–H groups in total. The number of benzene rings is 1. The first kappa shape index (κ1) is 13.9. The number of nitrogens with zero attached hydrogens (tertiary/aromatic N) is 4. The Labute approximate surface area is 132 Å². The highest BCUT2D eigenvalue weighted by Crippen LogP contribution is 2.38. The van der Waals surface area contributed by atoms with Gasteiger partial charge in [-0.25, -0.2) is 4.68 Å². The molecule has 2 heterocycles. The summed E-state index contributed by atoms with van der Waals surface area (Å²) < 4.78 is 6.54. The molecule has 0 aliphatic heterocycles. The molecule has 3 aromatic rings. The number of rotatable bonds is 4. The van der Waals surface area contributed by atoms with Gasteiger partial charge in [0.25, 0.3) is 5.56 Å². The van der Waals surface area contributed by atoms with Crippen LogP contribution in [-0.2, 0) is 6.54 Å². The van der Waals surface area contributed by atoms with Crippen LogP contribution >= 0.6 is 0 Å². The van der Waals surface area contributed by atoms with Gasteiger partial charge in [-0.15, -0.1) is 0 Å². The molecule has 23 heavy (non-hydrogen) atoms. The molecule has 0 amide bonds. The zero-order valence-electron chi connectivity index (χ0n) is 12.8. The van der Waals surface area contributed by atoms with Crippen LogP contribution in [0.15, 0.2) is 45.7 Å². The average Bonchev–Trinajstić information content (AvgIpc) is 3.31. The predicted molar refractivity (Wildman–Crippen MR) is 84.0 cm³/mol. The van der Waals surface area contributed by atoms with Gasteiger partial charge in [0.2, 0.25) is 11.7 Å². The SMILES string of the molecule is Cc1nc(-c2cccc(Cn3nc(C4CC4)ccc3=O)c2)no1.